The van der Waals surface area contributed by atoms with Crippen LogP contribution in [0.25, 0.3) is 0 Å². The van der Waals surface area contributed by atoms with Crippen molar-refractivity contribution in [3.05, 3.63) is 205 Å². The minimum absolute atomic E-state index is 0.115. The van der Waals surface area contributed by atoms with E-state index in [1.807, 2.05) is 96.7 Å². The van der Waals surface area contributed by atoms with Gasteiger partial charge in [0.15, 0.2) is 11.0 Å². The molecule has 4 atom stereocenters. The van der Waals surface area contributed by atoms with Crippen LogP contribution < -0.4 is 20.7 Å². The van der Waals surface area contributed by atoms with Gasteiger partial charge in [-0.05, 0) is 137 Å². The molecule has 6 N–H and O–H groups in total. The Hall–Kier alpha value is -7.18. The second-order valence-electron chi connectivity index (χ2n) is 19.3. The van der Waals surface area contributed by atoms with Crippen LogP contribution in [0.1, 0.15) is 71.8 Å². The highest BCUT2D eigenvalue weighted by Gasteiger charge is 2.40. The van der Waals surface area contributed by atoms with Crippen LogP contribution in [0.5, 0.6) is 11.5 Å². The highest BCUT2D eigenvalue weighted by Crippen LogP contribution is 2.48. The van der Waals surface area contributed by atoms with E-state index in [4.69, 9.17) is 20.7 Å². The summed E-state index contributed by atoms with van der Waals surface area (Å²) in [6.45, 7) is 5.63. The number of anilines is 3. The number of ether oxygens (including phenoxy) is 1. The monoisotopic (exact) mass is 1090 g/mol. The van der Waals surface area contributed by atoms with Crippen LogP contribution in [0.15, 0.2) is 192 Å². The molecule has 9 rings (SSSR count). The highest BCUT2D eigenvalue weighted by atomic mass is 32.2. The molecule has 1 aliphatic heterocycles. The van der Waals surface area contributed by atoms with Crippen LogP contribution in [0, 0.1) is 5.92 Å². The van der Waals surface area contributed by atoms with Gasteiger partial charge in [0.2, 0.25) is 5.91 Å². The number of aromatic hydroxyl groups is 1. The second kappa shape index (κ2) is 31.3. The smallest absolute Gasteiger partial charge is 0.337 e. The number of nitrogens with zero attached hydrogens (tertiary/aromatic N) is 4. The van der Waals surface area contributed by atoms with E-state index < -0.39 is 28.7 Å². The Labute approximate surface area is 467 Å². The number of aromatic nitrogens is 1. The first-order valence-corrected chi connectivity index (χ1v) is 27.9. The van der Waals surface area contributed by atoms with Gasteiger partial charge in [0, 0.05) is 71.0 Å². The van der Waals surface area contributed by atoms with Gasteiger partial charge in [0.05, 0.1) is 29.6 Å². The van der Waals surface area contributed by atoms with Gasteiger partial charge in [-0.25, -0.2) is 4.79 Å². The Bertz CT molecular complexity index is 2840. The molecule has 0 radical (unpaired) electrons. The molecule has 1 aliphatic carbocycles. The molecule has 0 bridgehead atoms. The van der Waals surface area contributed by atoms with Crippen molar-refractivity contribution >= 4 is 57.8 Å². The molecule has 14 nitrogen and oxygen atoms in total. The number of likely N-dealkylation sites (N-methyl/N-ethyl adjacent to an activating group) is 1. The van der Waals surface area contributed by atoms with Crippen LogP contribution in [0.3, 0.4) is 0 Å². The minimum atomic E-state index is -1.36. The molecule has 7 aromatic rings. The first-order valence-electron chi connectivity index (χ1n) is 25.7. The molecule has 16 heteroatoms. The lowest BCUT2D eigenvalue weighted by Gasteiger charge is -2.41. The van der Waals surface area contributed by atoms with Crippen molar-refractivity contribution in [1.82, 2.24) is 14.8 Å². The van der Waals surface area contributed by atoms with E-state index in [0.29, 0.717) is 17.6 Å². The van der Waals surface area contributed by atoms with Crippen LogP contribution in [-0.4, -0.2) is 113 Å². The van der Waals surface area contributed by atoms with Gasteiger partial charge in [-0.1, -0.05) is 122 Å². The summed E-state index contributed by atoms with van der Waals surface area (Å²) in [7, 11) is 10.1. The quantitative estimate of drug-likeness (QED) is 0.0509. The van der Waals surface area contributed by atoms with Gasteiger partial charge < -0.3 is 50.4 Å². The number of pyridine rings is 1. The van der Waals surface area contributed by atoms with E-state index in [9.17, 15) is 24.0 Å². The van der Waals surface area contributed by atoms with Crippen molar-refractivity contribution in [2.24, 2.45) is 11.7 Å². The average Bonchev–Trinajstić information content (AvgIpc) is 3.45. The second-order valence-corrected chi connectivity index (χ2v) is 21.9. The molecule has 412 valence electrons. The number of aromatic carboxylic acids is 1. The van der Waals surface area contributed by atoms with E-state index >= 15 is 0 Å². The highest BCUT2D eigenvalue weighted by molar-refractivity contribution is 7.99. The number of primary amides is 1. The van der Waals surface area contributed by atoms with Gasteiger partial charge in [-0.15, -0.1) is 0 Å². The molecule has 1 fully saturated rings. The third-order valence-electron chi connectivity index (χ3n) is 12.9. The topological polar surface area (TPSA) is 205 Å². The molecule has 2 unspecified atom stereocenters. The predicted molar refractivity (Wildman–Crippen MR) is 315 cm³/mol. The number of aliphatic hydroxyl groups is 1. The van der Waals surface area contributed by atoms with E-state index in [-0.39, 0.29) is 28.2 Å². The maximum atomic E-state index is 12.4. The maximum absolute atomic E-state index is 12.4. The molecule has 2 aliphatic rings. The van der Waals surface area contributed by atoms with Crippen LogP contribution in [-0.2, 0) is 26.4 Å². The fourth-order valence-electron chi connectivity index (χ4n) is 8.80. The van der Waals surface area contributed by atoms with Crippen LogP contribution in [0.4, 0.5) is 17.1 Å². The number of benzene rings is 6. The largest absolute Gasteiger partial charge is 0.615 e. The summed E-state index contributed by atoms with van der Waals surface area (Å²) in [5, 5.41) is 30.7. The van der Waals surface area contributed by atoms with E-state index in [2.05, 4.69) is 109 Å². The number of fused-ring (bicyclic) bond motifs is 2. The van der Waals surface area contributed by atoms with Gasteiger partial charge in [0.25, 0.3) is 5.91 Å². The number of hydrogen-bond donors (Lipinski definition) is 5. The van der Waals surface area contributed by atoms with Gasteiger partial charge in [-0.3, -0.25) is 14.6 Å². The molecule has 2 amide bonds. The number of nitrogens with two attached hydrogens (primary N) is 1. The standard InChI is InChI=1S/C17H20N2S.C16H25NO2.C15H15NO2S.C8H9NO2.C6H5NO2/c1-13(18(2)3)12-19-14-8-4-6-10-16(14)20-17-11-7-5-9-15(17)19;1-17(2)12-14-7-4-5-10-16(14,18)13-8-6-9-15(11-13)19-3;16-14(17)11-19(18)15(12-7-3-1-4-8-12)13-9-5-2-6-10-13;1-6(10)9-7-2-4-8(11)5-3-7;8-6(9)5-2-1-3-7-4-5/h4-11,13H,12H2,1-3H3;6,8-9,11,14,18H,4-5,7,10,12H2,1-3H3;1-10,15H,11H2,(H2,16,17);2-5,11H,1H3,(H,9,10);1-4H,(H,8,9)/t;14-,16+;;;/m.1.../s1. The molecule has 2 heterocycles. The lowest BCUT2D eigenvalue weighted by molar-refractivity contribution is -0.116. The third-order valence-corrected chi connectivity index (χ3v) is 15.7. The zero-order valence-corrected chi connectivity index (χ0v) is 47.2. The van der Waals surface area contributed by atoms with Gasteiger partial charge in [-0.2, -0.15) is 0 Å². The Morgan fingerprint density at radius 2 is 1.40 bits per heavy atom. The van der Waals surface area contributed by atoms with E-state index in [1.54, 1.807) is 25.3 Å². The summed E-state index contributed by atoms with van der Waals surface area (Å²) < 4.78 is 17.7. The Balaban J connectivity index is 0.000000185. The number of rotatable bonds is 14. The molecular weight excluding hydrogens is 1020 g/mol. The van der Waals surface area contributed by atoms with Crippen LogP contribution in [0.2, 0.25) is 0 Å². The first-order chi connectivity index (χ1) is 37.4. The van der Waals surface area contributed by atoms with Crippen molar-refractivity contribution < 1.29 is 39.0 Å². The van der Waals surface area contributed by atoms with Gasteiger partial charge in [0.1, 0.15) is 11.5 Å². The predicted octanol–water partition coefficient (Wildman–Crippen LogP) is 11.0. The van der Waals surface area contributed by atoms with Gasteiger partial charge >= 0.3 is 5.97 Å². The number of carbonyl (C=O) groups is 3. The summed E-state index contributed by atoms with van der Waals surface area (Å²) in [4.78, 5) is 44.9. The molecule has 1 saturated carbocycles. The summed E-state index contributed by atoms with van der Waals surface area (Å²) >= 11 is 0.502. The third kappa shape index (κ3) is 19.1. The van der Waals surface area contributed by atoms with Crippen LogP contribution >= 0.6 is 11.8 Å². The molecule has 0 spiro atoms. The molecule has 6 aromatic carbocycles. The molecule has 1 aromatic heterocycles. The fourth-order valence-corrected chi connectivity index (χ4v) is 11.3. The van der Waals surface area contributed by atoms with Crippen molar-refractivity contribution in [1.29, 1.82) is 0 Å². The lowest BCUT2D eigenvalue weighted by atomic mass is 9.71. The molecule has 0 saturated heterocycles. The number of carboxylic acid groups (broad SMARTS) is 1. The number of para-hydroxylation sites is 2. The molecular formula is C62H74N6O8S2. The SMILES string of the molecule is CC(=O)Nc1ccc(O)cc1.CC(CN1c2ccccc2Sc2ccccc21)N(C)C.COc1cccc([C@@]2(O)CCCC[C@@H]2CN(C)C)c1.NC(=O)C[S+]([O-])C(c1ccccc1)c1ccccc1.O=C(O)c1cccnc1. The normalized spacial score (nSPS) is 15.8. The fraction of sp³-hybridized carbons (Fsp3) is 0.290. The summed E-state index contributed by atoms with van der Waals surface area (Å²) in [6.07, 6.45) is 7.09. The van der Waals surface area contributed by atoms with E-state index in [0.717, 1.165) is 54.8 Å². The lowest BCUT2D eigenvalue weighted by Crippen LogP contribution is -2.43. The Morgan fingerprint density at radius 3 is 1.88 bits per heavy atom. The Kier molecular flexibility index (Phi) is 24.7. The molecule has 78 heavy (non-hydrogen) atoms. The number of carbonyl (C=O) groups excluding carboxylic acids is 2. The summed E-state index contributed by atoms with van der Waals surface area (Å²) in [5.41, 5.74) is 10.8. The number of hydrogen-bond acceptors (Lipinski definition) is 12. The average molecular weight is 1100 g/mol. The number of phenols is 1. The Morgan fingerprint density at radius 1 is 0.821 bits per heavy atom. The summed E-state index contributed by atoms with van der Waals surface area (Å²) in [6, 6.07) is 54.2. The number of nitrogens with one attached hydrogen (secondary N) is 1. The number of carboxylic acids is 1. The van der Waals surface area contributed by atoms with E-state index in [1.165, 1.54) is 65.1 Å². The minimum Gasteiger partial charge on any atom is -0.615 e. The zero-order chi connectivity index (χ0) is 56.6. The first kappa shape index (κ1) is 61.7. The zero-order valence-electron chi connectivity index (χ0n) is 45.6. The van der Waals surface area contributed by atoms with Crippen molar-refractivity contribution in [2.45, 2.75) is 66.2 Å². The number of amides is 2. The maximum Gasteiger partial charge on any atom is 0.337 e. The number of methoxy groups -OCH3 is 1. The van der Waals surface area contributed by atoms with Crippen molar-refractivity contribution in [3.63, 3.8) is 0 Å². The summed E-state index contributed by atoms with van der Waals surface area (Å²) in [5.74, 6) is -0.425. The number of phenolic OH excluding ortho intramolecular Hbond substituents is 1. The van der Waals surface area contributed by atoms with Crippen molar-refractivity contribution in [2.75, 3.05) is 64.4 Å². The van der Waals surface area contributed by atoms with Crippen molar-refractivity contribution in [3.8, 4) is 11.5 Å².